The van der Waals surface area contributed by atoms with E-state index in [1.54, 1.807) is 12.1 Å². The summed E-state index contributed by atoms with van der Waals surface area (Å²) in [4.78, 5) is 12.0. The third-order valence-corrected chi connectivity index (χ3v) is 3.14. The molecule has 4 nitrogen and oxygen atoms in total. The fraction of sp³-hybridized carbons (Fsp3) is 0.250. The molecular formula is C12H12N2O2. The van der Waals surface area contributed by atoms with E-state index >= 15 is 0 Å². The molecule has 1 aromatic carbocycles. The fourth-order valence-electron chi connectivity index (χ4n) is 2.28. The van der Waals surface area contributed by atoms with Crippen LogP contribution in [0.2, 0.25) is 0 Å². The maximum absolute atomic E-state index is 12.0. The minimum Gasteiger partial charge on any atom is -0.376 e. The molecule has 0 unspecified atom stereocenters. The number of hydroxylamine groups is 2. The van der Waals surface area contributed by atoms with Crippen molar-refractivity contribution in [2.75, 3.05) is 5.32 Å². The first-order valence-electron chi connectivity index (χ1n) is 5.32. The Hall–Kier alpha value is -1.81. The van der Waals surface area contributed by atoms with Crippen LogP contribution in [0.3, 0.4) is 0 Å². The van der Waals surface area contributed by atoms with Crippen molar-refractivity contribution < 1.29 is 10.0 Å². The lowest BCUT2D eigenvalue weighted by molar-refractivity contribution is -0.0861. The quantitative estimate of drug-likeness (QED) is 0.512. The standard InChI is InChI=1S/C12H12N2O2/c15-12-8-4-1-2-5-9(8)13-10-6-3-7-11(10)14(12)16/h1-6,10-11,13,16H,7H2/t10-,11+/m1/s1. The number of nitrogens with zero attached hydrogens (tertiary/aromatic N) is 1. The Morgan fingerprint density at radius 2 is 2.19 bits per heavy atom. The second kappa shape index (κ2) is 3.35. The van der Waals surface area contributed by atoms with E-state index in [4.69, 9.17) is 0 Å². The summed E-state index contributed by atoms with van der Waals surface area (Å²) in [7, 11) is 0. The van der Waals surface area contributed by atoms with Gasteiger partial charge in [0.05, 0.1) is 17.6 Å². The maximum atomic E-state index is 12.0. The summed E-state index contributed by atoms with van der Waals surface area (Å²) >= 11 is 0. The number of para-hydroxylation sites is 1. The Morgan fingerprint density at radius 1 is 1.38 bits per heavy atom. The monoisotopic (exact) mass is 216 g/mol. The number of fused-ring (bicyclic) bond motifs is 2. The SMILES string of the molecule is O=C1c2ccccc2N[C@@H]2C=CC[C@@H]2N1O. The predicted molar refractivity (Wildman–Crippen MR) is 59.4 cm³/mol. The highest BCUT2D eigenvalue weighted by atomic mass is 16.5. The van der Waals surface area contributed by atoms with E-state index in [0.29, 0.717) is 12.0 Å². The van der Waals surface area contributed by atoms with E-state index in [1.165, 1.54) is 0 Å². The van der Waals surface area contributed by atoms with Gasteiger partial charge in [-0.25, -0.2) is 5.06 Å². The molecule has 0 spiro atoms. The minimum absolute atomic E-state index is 0.00222. The van der Waals surface area contributed by atoms with Crippen molar-refractivity contribution in [3.63, 3.8) is 0 Å². The maximum Gasteiger partial charge on any atom is 0.279 e. The summed E-state index contributed by atoms with van der Waals surface area (Å²) in [5, 5.41) is 14.0. The average Bonchev–Trinajstić information content (AvgIpc) is 2.72. The summed E-state index contributed by atoms with van der Waals surface area (Å²) in [6.45, 7) is 0. The van der Waals surface area contributed by atoms with Gasteiger partial charge in [-0.3, -0.25) is 10.0 Å². The zero-order valence-corrected chi connectivity index (χ0v) is 8.63. The van der Waals surface area contributed by atoms with Crippen molar-refractivity contribution in [3.05, 3.63) is 42.0 Å². The zero-order valence-electron chi connectivity index (χ0n) is 8.63. The molecule has 2 N–H and O–H groups in total. The van der Waals surface area contributed by atoms with Gasteiger partial charge in [0.1, 0.15) is 0 Å². The number of amides is 1. The molecule has 2 aliphatic rings. The number of hydrogen-bond donors (Lipinski definition) is 2. The number of carbonyl (C=O) groups excluding carboxylic acids is 1. The molecule has 1 aliphatic carbocycles. The lowest BCUT2D eigenvalue weighted by Crippen LogP contribution is -2.42. The van der Waals surface area contributed by atoms with Crippen LogP contribution >= 0.6 is 0 Å². The summed E-state index contributed by atoms with van der Waals surface area (Å²) in [5.41, 5.74) is 1.30. The molecule has 16 heavy (non-hydrogen) atoms. The van der Waals surface area contributed by atoms with E-state index < -0.39 is 0 Å². The molecule has 82 valence electrons. The van der Waals surface area contributed by atoms with Crippen molar-refractivity contribution in [1.82, 2.24) is 5.06 Å². The third kappa shape index (κ3) is 1.23. The molecule has 0 saturated heterocycles. The second-order valence-corrected chi connectivity index (χ2v) is 4.10. The van der Waals surface area contributed by atoms with Crippen LogP contribution in [0, 0.1) is 0 Å². The Balaban J connectivity index is 2.10. The summed E-state index contributed by atoms with van der Waals surface area (Å²) < 4.78 is 0. The number of rotatable bonds is 0. The average molecular weight is 216 g/mol. The van der Waals surface area contributed by atoms with E-state index in [-0.39, 0.29) is 18.0 Å². The zero-order chi connectivity index (χ0) is 11.1. The van der Waals surface area contributed by atoms with Crippen LogP contribution in [0.4, 0.5) is 5.69 Å². The van der Waals surface area contributed by atoms with Crippen LogP contribution in [0.15, 0.2) is 36.4 Å². The Bertz CT molecular complexity index is 470. The first-order valence-corrected chi connectivity index (χ1v) is 5.32. The lowest BCUT2D eigenvalue weighted by atomic mass is 10.1. The highest BCUT2D eigenvalue weighted by Crippen LogP contribution is 2.28. The predicted octanol–water partition coefficient (Wildman–Crippen LogP) is 1.64. The highest BCUT2D eigenvalue weighted by Gasteiger charge is 2.35. The molecule has 0 bridgehead atoms. The molecule has 3 rings (SSSR count). The van der Waals surface area contributed by atoms with Gasteiger partial charge in [-0.1, -0.05) is 24.3 Å². The second-order valence-electron chi connectivity index (χ2n) is 4.10. The topological polar surface area (TPSA) is 52.6 Å². The molecule has 1 aliphatic heterocycles. The molecule has 0 radical (unpaired) electrons. The number of benzene rings is 1. The van der Waals surface area contributed by atoms with E-state index in [9.17, 15) is 10.0 Å². The number of anilines is 1. The molecule has 4 heteroatoms. The molecule has 2 atom stereocenters. The number of hydrogen-bond acceptors (Lipinski definition) is 3. The lowest BCUT2D eigenvalue weighted by Gasteiger charge is -2.24. The van der Waals surface area contributed by atoms with Gasteiger partial charge in [0, 0.05) is 5.69 Å². The summed E-state index contributed by atoms with van der Waals surface area (Å²) in [6, 6.07) is 7.05. The molecule has 1 aromatic rings. The van der Waals surface area contributed by atoms with Gasteiger partial charge >= 0.3 is 0 Å². The largest absolute Gasteiger partial charge is 0.376 e. The van der Waals surface area contributed by atoms with Crippen LogP contribution in [-0.4, -0.2) is 28.3 Å². The summed E-state index contributed by atoms with van der Waals surface area (Å²) in [5.74, 6) is -0.334. The smallest absolute Gasteiger partial charge is 0.279 e. The van der Waals surface area contributed by atoms with Crippen molar-refractivity contribution in [3.8, 4) is 0 Å². The molecule has 0 aromatic heterocycles. The minimum atomic E-state index is -0.334. The summed E-state index contributed by atoms with van der Waals surface area (Å²) in [6.07, 6.45) is 4.66. The molecule has 0 fully saturated rings. The van der Waals surface area contributed by atoms with Gasteiger partial charge in [-0.05, 0) is 18.6 Å². The molecule has 1 amide bonds. The van der Waals surface area contributed by atoms with Gasteiger partial charge in [0.15, 0.2) is 0 Å². The third-order valence-electron chi connectivity index (χ3n) is 3.14. The van der Waals surface area contributed by atoms with Crippen LogP contribution in [-0.2, 0) is 0 Å². The first-order chi connectivity index (χ1) is 7.77. The van der Waals surface area contributed by atoms with Crippen LogP contribution in [0.25, 0.3) is 0 Å². The van der Waals surface area contributed by atoms with Crippen molar-refractivity contribution in [2.24, 2.45) is 0 Å². The molecule has 0 saturated carbocycles. The van der Waals surface area contributed by atoms with Gasteiger partial charge in [0.25, 0.3) is 5.91 Å². The first kappa shape index (κ1) is 9.42. The van der Waals surface area contributed by atoms with Crippen LogP contribution in [0.5, 0.6) is 0 Å². The van der Waals surface area contributed by atoms with Crippen molar-refractivity contribution in [2.45, 2.75) is 18.5 Å². The molecule has 1 heterocycles. The van der Waals surface area contributed by atoms with Crippen molar-refractivity contribution in [1.29, 1.82) is 0 Å². The van der Waals surface area contributed by atoms with Gasteiger partial charge in [-0.2, -0.15) is 0 Å². The van der Waals surface area contributed by atoms with Crippen LogP contribution < -0.4 is 5.32 Å². The van der Waals surface area contributed by atoms with Crippen LogP contribution in [0.1, 0.15) is 16.8 Å². The number of nitrogens with one attached hydrogen (secondary N) is 1. The van der Waals surface area contributed by atoms with E-state index in [2.05, 4.69) is 5.32 Å². The Kier molecular flexibility index (Phi) is 1.97. The van der Waals surface area contributed by atoms with Crippen molar-refractivity contribution >= 4 is 11.6 Å². The van der Waals surface area contributed by atoms with E-state index in [1.807, 2.05) is 24.3 Å². The fourth-order valence-corrected chi connectivity index (χ4v) is 2.28. The van der Waals surface area contributed by atoms with E-state index in [0.717, 1.165) is 10.8 Å². The van der Waals surface area contributed by atoms with Gasteiger partial charge in [-0.15, -0.1) is 0 Å². The number of carbonyl (C=O) groups is 1. The Morgan fingerprint density at radius 3 is 3.06 bits per heavy atom. The highest BCUT2D eigenvalue weighted by molar-refractivity contribution is 6.00. The Labute approximate surface area is 93.1 Å². The van der Waals surface area contributed by atoms with Gasteiger partial charge < -0.3 is 5.32 Å². The normalized spacial score (nSPS) is 27.1. The van der Waals surface area contributed by atoms with Gasteiger partial charge in [0.2, 0.25) is 0 Å². The molecular weight excluding hydrogens is 204 g/mol.